The average molecular weight is 417 g/mol. The standard InChI is InChI=1S/C22H32N4O4/c1-15-16(2)23-14-25(21(15)28)12-17-3-7-24(8-4-17)22(29)18-11-20(27)26(13-18)19-5-9-30-10-6-19/h14,17-19H,3-13H2,1-2H3. The summed E-state index contributed by atoms with van der Waals surface area (Å²) in [4.78, 5) is 46.1. The van der Waals surface area contributed by atoms with Gasteiger partial charge in [0, 0.05) is 63.1 Å². The van der Waals surface area contributed by atoms with E-state index in [4.69, 9.17) is 4.74 Å². The molecule has 8 nitrogen and oxygen atoms in total. The van der Waals surface area contributed by atoms with Crippen LogP contribution in [0.3, 0.4) is 0 Å². The van der Waals surface area contributed by atoms with Gasteiger partial charge >= 0.3 is 0 Å². The van der Waals surface area contributed by atoms with E-state index in [1.54, 1.807) is 10.9 Å². The molecule has 30 heavy (non-hydrogen) atoms. The Balaban J connectivity index is 1.30. The molecule has 0 radical (unpaired) electrons. The summed E-state index contributed by atoms with van der Waals surface area (Å²) >= 11 is 0. The highest BCUT2D eigenvalue weighted by Gasteiger charge is 2.40. The molecule has 3 saturated heterocycles. The highest BCUT2D eigenvalue weighted by Crippen LogP contribution is 2.28. The van der Waals surface area contributed by atoms with E-state index in [-0.39, 0.29) is 29.3 Å². The van der Waals surface area contributed by atoms with Crippen molar-refractivity contribution < 1.29 is 14.3 Å². The normalized spacial score (nSPS) is 23.9. The van der Waals surface area contributed by atoms with E-state index < -0.39 is 0 Å². The van der Waals surface area contributed by atoms with Crippen molar-refractivity contribution in [2.45, 2.75) is 58.5 Å². The number of hydrogen-bond acceptors (Lipinski definition) is 5. The number of piperidine rings is 1. The Hall–Kier alpha value is -2.22. The molecule has 1 atom stereocenters. The molecule has 0 spiro atoms. The minimum Gasteiger partial charge on any atom is -0.381 e. The van der Waals surface area contributed by atoms with E-state index in [9.17, 15) is 14.4 Å². The second kappa shape index (κ2) is 8.88. The average Bonchev–Trinajstić information content (AvgIpc) is 3.16. The van der Waals surface area contributed by atoms with Crippen LogP contribution in [0.15, 0.2) is 11.1 Å². The van der Waals surface area contributed by atoms with Gasteiger partial charge < -0.3 is 14.5 Å². The van der Waals surface area contributed by atoms with Crippen molar-refractivity contribution in [2.75, 3.05) is 32.8 Å². The van der Waals surface area contributed by atoms with Gasteiger partial charge in [0.1, 0.15) is 0 Å². The van der Waals surface area contributed by atoms with Crippen molar-refractivity contribution >= 4 is 11.8 Å². The van der Waals surface area contributed by atoms with Crippen molar-refractivity contribution in [3.63, 3.8) is 0 Å². The number of nitrogens with zero attached hydrogens (tertiary/aromatic N) is 4. The smallest absolute Gasteiger partial charge is 0.256 e. The molecule has 1 unspecified atom stereocenters. The predicted octanol–water partition coefficient (Wildman–Crippen LogP) is 1.13. The molecule has 4 heterocycles. The minimum absolute atomic E-state index is 0.0266. The van der Waals surface area contributed by atoms with Crippen molar-refractivity contribution in [2.24, 2.45) is 11.8 Å². The molecule has 0 aliphatic carbocycles. The number of carbonyl (C=O) groups excluding carboxylic acids is 2. The number of hydrogen-bond donors (Lipinski definition) is 0. The Bertz CT molecular complexity index is 853. The fraction of sp³-hybridized carbons (Fsp3) is 0.727. The van der Waals surface area contributed by atoms with E-state index in [0.717, 1.165) is 31.4 Å². The van der Waals surface area contributed by atoms with E-state index in [0.29, 0.717) is 57.3 Å². The van der Waals surface area contributed by atoms with Crippen LogP contribution in [0.5, 0.6) is 0 Å². The number of ether oxygens (including phenoxy) is 1. The molecule has 0 N–H and O–H groups in total. The fourth-order valence-corrected chi connectivity index (χ4v) is 4.92. The Morgan fingerprint density at radius 2 is 1.83 bits per heavy atom. The molecular weight excluding hydrogens is 384 g/mol. The summed E-state index contributed by atoms with van der Waals surface area (Å²) < 4.78 is 7.10. The Labute approximate surface area is 177 Å². The predicted molar refractivity (Wildman–Crippen MR) is 111 cm³/mol. The lowest BCUT2D eigenvalue weighted by atomic mass is 9.95. The molecule has 1 aromatic rings. The van der Waals surface area contributed by atoms with Crippen molar-refractivity contribution in [1.82, 2.24) is 19.4 Å². The SMILES string of the molecule is Cc1ncn(CC2CCN(C(=O)C3CC(=O)N(C4CCOCC4)C3)CC2)c(=O)c1C. The molecule has 4 rings (SSSR count). The zero-order valence-electron chi connectivity index (χ0n) is 18.0. The van der Waals surface area contributed by atoms with Gasteiger partial charge in [0.25, 0.3) is 5.56 Å². The molecule has 3 aliphatic heterocycles. The second-order valence-electron chi connectivity index (χ2n) is 8.97. The van der Waals surface area contributed by atoms with Gasteiger partial charge in [-0.15, -0.1) is 0 Å². The first-order valence-electron chi connectivity index (χ1n) is 11.1. The second-order valence-corrected chi connectivity index (χ2v) is 8.97. The lowest BCUT2D eigenvalue weighted by Gasteiger charge is -2.34. The lowest BCUT2D eigenvalue weighted by molar-refractivity contribution is -0.137. The van der Waals surface area contributed by atoms with E-state index in [1.807, 2.05) is 23.6 Å². The Morgan fingerprint density at radius 1 is 1.13 bits per heavy atom. The molecule has 1 aromatic heterocycles. The molecule has 3 aliphatic rings. The number of likely N-dealkylation sites (tertiary alicyclic amines) is 2. The third-order valence-corrected chi connectivity index (χ3v) is 7.04. The molecule has 8 heteroatoms. The van der Waals surface area contributed by atoms with Gasteiger partial charge in [0.05, 0.1) is 12.2 Å². The maximum atomic E-state index is 13.0. The zero-order chi connectivity index (χ0) is 21.3. The first-order valence-corrected chi connectivity index (χ1v) is 11.1. The molecule has 0 saturated carbocycles. The van der Waals surface area contributed by atoms with Gasteiger partial charge in [0.2, 0.25) is 11.8 Å². The van der Waals surface area contributed by atoms with Crippen LogP contribution >= 0.6 is 0 Å². The molecule has 3 fully saturated rings. The summed E-state index contributed by atoms with van der Waals surface area (Å²) in [6.45, 7) is 7.63. The lowest BCUT2D eigenvalue weighted by Crippen LogP contribution is -2.44. The van der Waals surface area contributed by atoms with Crippen LogP contribution in [0.2, 0.25) is 0 Å². The number of aromatic nitrogens is 2. The zero-order valence-corrected chi connectivity index (χ0v) is 18.0. The number of aryl methyl sites for hydroxylation is 1. The van der Waals surface area contributed by atoms with Crippen LogP contribution in [0.25, 0.3) is 0 Å². The monoisotopic (exact) mass is 416 g/mol. The number of rotatable bonds is 4. The van der Waals surface area contributed by atoms with Crippen LogP contribution in [0, 0.1) is 25.7 Å². The van der Waals surface area contributed by atoms with E-state index >= 15 is 0 Å². The first kappa shape index (κ1) is 21.0. The largest absolute Gasteiger partial charge is 0.381 e. The van der Waals surface area contributed by atoms with Crippen LogP contribution in [-0.2, 0) is 20.9 Å². The molecular formula is C22H32N4O4. The van der Waals surface area contributed by atoms with E-state index in [2.05, 4.69) is 4.98 Å². The third-order valence-electron chi connectivity index (χ3n) is 7.04. The van der Waals surface area contributed by atoms with E-state index in [1.165, 1.54) is 0 Å². The summed E-state index contributed by atoms with van der Waals surface area (Å²) in [5.74, 6) is 0.362. The summed E-state index contributed by atoms with van der Waals surface area (Å²) in [5, 5.41) is 0. The van der Waals surface area contributed by atoms with Crippen LogP contribution < -0.4 is 5.56 Å². The van der Waals surface area contributed by atoms with Crippen LogP contribution in [0.4, 0.5) is 0 Å². The maximum absolute atomic E-state index is 13.0. The van der Waals surface area contributed by atoms with Gasteiger partial charge in [-0.25, -0.2) is 4.98 Å². The third kappa shape index (κ3) is 4.29. The van der Waals surface area contributed by atoms with Gasteiger partial charge in [-0.1, -0.05) is 0 Å². The van der Waals surface area contributed by atoms with Crippen LogP contribution in [-0.4, -0.2) is 70.1 Å². The Kier molecular flexibility index (Phi) is 6.22. The van der Waals surface area contributed by atoms with Crippen molar-refractivity contribution in [3.8, 4) is 0 Å². The molecule has 2 amide bonds. The highest BCUT2D eigenvalue weighted by molar-refractivity contribution is 5.89. The highest BCUT2D eigenvalue weighted by atomic mass is 16.5. The quantitative estimate of drug-likeness (QED) is 0.735. The topological polar surface area (TPSA) is 84.7 Å². The van der Waals surface area contributed by atoms with Crippen molar-refractivity contribution in [1.29, 1.82) is 0 Å². The van der Waals surface area contributed by atoms with Gasteiger partial charge in [0.15, 0.2) is 0 Å². The van der Waals surface area contributed by atoms with Gasteiger partial charge in [-0.05, 0) is 45.4 Å². The van der Waals surface area contributed by atoms with Gasteiger partial charge in [-0.3, -0.25) is 19.0 Å². The minimum atomic E-state index is -0.219. The fourth-order valence-electron chi connectivity index (χ4n) is 4.92. The summed E-state index contributed by atoms with van der Waals surface area (Å²) in [7, 11) is 0. The molecule has 164 valence electrons. The summed E-state index contributed by atoms with van der Waals surface area (Å²) in [6.07, 6.45) is 5.44. The Morgan fingerprint density at radius 3 is 2.53 bits per heavy atom. The maximum Gasteiger partial charge on any atom is 0.256 e. The van der Waals surface area contributed by atoms with Crippen molar-refractivity contribution in [3.05, 3.63) is 27.9 Å². The number of amides is 2. The number of carbonyl (C=O) groups is 2. The summed E-state index contributed by atoms with van der Waals surface area (Å²) in [5.41, 5.74) is 1.50. The molecule has 0 aromatic carbocycles. The molecule has 0 bridgehead atoms. The van der Waals surface area contributed by atoms with Crippen LogP contribution in [0.1, 0.15) is 43.4 Å². The summed E-state index contributed by atoms with van der Waals surface area (Å²) in [6, 6.07) is 0.222. The van der Waals surface area contributed by atoms with Gasteiger partial charge in [-0.2, -0.15) is 0 Å². The first-order chi connectivity index (χ1) is 14.4.